The smallest absolute Gasteiger partial charge is 0.233 e. The van der Waals surface area contributed by atoms with Crippen molar-refractivity contribution in [2.45, 2.75) is 58.1 Å². The molecule has 2 unspecified atom stereocenters. The lowest BCUT2D eigenvalue weighted by Crippen LogP contribution is -2.37. The molecule has 2 amide bonds. The van der Waals surface area contributed by atoms with E-state index < -0.39 is 0 Å². The van der Waals surface area contributed by atoms with Crippen LogP contribution in [0.2, 0.25) is 0 Å². The Labute approximate surface area is 126 Å². The SMILES string of the molecule is CC1(C)C2C(=O)N(CCCOC3CCC(N)CC3)C(=O)C21. The van der Waals surface area contributed by atoms with E-state index in [0.717, 1.165) is 32.1 Å². The van der Waals surface area contributed by atoms with Crippen LogP contribution in [0.15, 0.2) is 0 Å². The number of likely N-dealkylation sites (tertiary alicyclic amines) is 1. The molecule has 5 nitrogen and oxygen atoms in total. The fourth-order valence-electron chi connectivity index (χ4n) is 3.95. The molecule has 0 aromatic heterocycles. The van der Waals surface area contributed by atoms with Gasteiger partial charge in [-0.2, -0.15) is 0 Å². The molecule has 1 saturated heterocycles. The molecule has 2 N–H and O–H groups in total. The molecule has 21 heavy (non-hydrogen) atoms. The summed E-state index contributed by atoms with van der Waals surface area (Å²) in [5, 5.41) is 0. The van der Waals surface area contributed by atoms with Gasteiger partial charge in [0.05, 0.1) is 17.9 Å². The summed E-state index contributed by atoms with van der Waals surface area (Å²) in [6.45, 7) is 5.14. The second-order valence-electron chi connectivity index (χ2n) is 7.37. The highest BCUT2D eigenvalue weighted by atomic mass is 16.5. The van der Waals surface area contributed by atoms with Crippen LogP contribution in [-0.4, -0.2) is 42.0 Å². The van der Waals surface area contributed by atoms with Crippen molar-refractivity contribution in [2.75, 3.05) is 13.2 Å². The zero-order valence-corrected chi connectivity index (χ0v) is 13.0. The van der Waals surface area contributed by atoms with Gasteiger partial charge in [0.2, 0.25) is 11.8 Å². The van der Waals surface area contributed by atoms with Crippen LogP contribution in [0.4, 0.5) is 0 Å². The second kappa shape index (κ2) is 5.36. The Balaban J connectivity index is 1.37. The number of hydrogen-bond acceptors (Lipinski definition) is 4. The molecule has 0 aromatic rings. The van der Waals surface area contributed by atoms with Gasteiger partial charge in [-0.1, -0.05) is 13.8 Å². The van der Waals surface area contributed by atoms with Crippen LogP contribution in [0.25, 0.3) is 0 Å². The van der Waals surface area contributed by atoms with Gasteiger partial charge < -0.3 is 10.5 Å². The molecule has 2 aliphatic carbocycles. The predicted octanol–water partition coefficient (Wildman–Crippen LogP) is 1.30. The van der Waals surface area contributed by atoms with E-state index in [9.17, 15) is 9.59 Å². The number of ether oxygens (including phenoxy) is 1. The number of carbonyl (C=O) groups excluding carboxylic acids is 2. The van der Waals surface area contributed by atoms with Gasteiger partial charge in [-0.25, -0.2) is 0 Å². The predicted molar refractivity (Wildman–Crippen MR) is 78.3 cm³/mol. The van der Waals surface area contributed by atoms with E-state index in [1.165, 1.54) is 4.90 Å². The maximum Gasteiger partial charge on any atom is 0.233 e. The molecule has 1 aliphatic heterocycles. The van der Waals surface area contributed by atoms with Crippen LogP contribution in [0.3, 0.4) is 0 Å². The second-order valence-corrected chi connectivity index (χ2v) is 7.37. The Morgan fingerprint density at radius 1 is 1.14 bits per heavy atom. The average molecular weight is 294 g/mol. The standard InChI is InChI=1S/C16H26N2O3/c1-16(2)12-13(16)15(20)18(14(12)19)8-3-9-21-11-6-4-10(17)5-7-11/h10-13H,3-9,17H2,1-2H3. The lowest BCUT2D eigenvalue weighted by Gasteiger charge is -2.26. The van der Waals surface area contributed by atoms with Crippen molar-refractivity contribution in [2.24, 2.45) is 23.0 Å². The molecule has 0 radical (unpaired) electrons. The van der Waals surface area contributed by atoms with Gasteiger partial charge >= 0.3 is 0 Å². The van der Waals surface area contributed by atoms with E-state index in [0.29, 0.717) is 25.3 Å². The van der Waals surface area contributed by atoms with Crippen LogP contribution in [0.1, 0.15) is 46.0 Å². The van der Waals surface area contributed by atoms with Gasteiger partial charge in [0.25, 0.3) is 0 Å². The van der Waals surface area contributed by atoms with E-state index in [-0.39, 0.29) is 29.1 Å². The zero-order chi connectivity index (χ0) is 15.2. The van der Waals surface area contributed by atoms with E-state index in [4.69, 9.17) is 10.5 Å². The third kappa shape index (κ3) is 2.61. The molecule has 1 heterocycles. The highest BCUT2D eigenvalue weighted by molar-refractivity contribution is 6.10. The molecule has 3 fully saturated rings. The maximum absolute atomic E-state index is 12.2. The van der Waals surface area contributed by atoms with E-state index in [2.05, 4.69) is 0 Å². The molecule has 118 valence electrons. The van der Waals surface area contributed by atoms with Gasteiger partial charge in [-0.3, -0.25) is 14.5 Å². The summed E-state index contributed by atoms with van der Waals surface area (Å²) in [5.41, 5.74) is 5.76. The highest BCUT2D eigenvalue weighted by Gasteiger charge is 2.72. The van der Waals surface area contributed by atoms with Gasteiger partial charge in [0, 0.05) is 19.2 Å². The largest absolute Gasteiger partial charge is 0.378 e. The Bertz CT molecular complexity index is 417. The Hall–Kier alpha value is -0.940. The minimum absolute atomic E-state index is 0.0265. The normalized spacial score (nSPS) is 37.8. The fourth-order valence-corrected chi connectivity index (χ4v) is 3.95. The molecule has 0 bridgehead atoms. The van der Waals surface area contributed by atoms with Crippen molar-refractivity contribution in [3.63, 3.8) is 0 Å². The van der Waals surface area contributed by atoms with Crippen molar-refractivity contribution < 1.29 is 14.3 Å². The van der Waals surface area contributed by atoms with Gasteiger partial charge in [0.15, 0.2) is 0 Å². The van der Waals surface area contributed by atoms with Crippen LogP contribution in [0, 0.1) is 17.3 Å². The number of rotatable bonds is 5. The first-order valence-corrected chi connectivity index (χ1v) is 8.15. The molecule has 2 saturated carbocycles. The minimum atomic E-state index is -0.109. The fraction of sp³-hybridized carbons (Fsp3) is 0.875. The third-order valence-corrected chi connectivity index (χ3v) is 5.49. The summed E-state index contributed by atoms with van der Waals surface area (Å²) < 4.78 is 5.84. The highest BCUT2D eigenvalue weighted by Crippen LogP contribution is 2.63. The number of nitrogens with two attached hydrogens (primary N) is 1. The Morgan fingerprint density at radius 2 is 1.71 bits per heavy atom. The molecule has 0 aromatic carbocycles. The van der Waals surface area contributed by atoms with Crippen molar-refractivity contribution in [3.8, 4) is 0 Å². The first-order chi connectivity index (χ1) is 9.93. The molecular formula is C16H26N2O3. The van der Waals surface area contributed by atoms with Crippen LogP contribution in [-0.2, 0) is 14.3 Å². The van der Waals surface area contributed by atoms with Gasteiger partial charge in [-0.15, -0.1) is 0 Å². The molecule has 3 aliphatic rings. The lowest BCUT2D eigenvalue weighted by atomic mass is 9.94. The van der Waals surface area contributed by atoms with Crippen LogP contribution >= 0.6 is 0 Å². The zero-order valence-electron chi connectivity index (χ0n) is 13.0. The number of fused-ring (bicyclic) bond motifs is 1. The third-order valence-electron chi connectivity index (χ3n) is 5.49. The first kappa shape index (κ1) is 15.0. The summed E-state index contributed by atoms with van der Waals surface area (Å²) >= 11 is 0. The maximum atomic E-state index is 12.2. The number of piperidine rings is 1. The topological polar surface area (TPSA) is 72.6 Å². The quantitative estimate of drug-likeness (QED) is 0.613. The summed E-state index contributed by atoms with van der Waals surface area (Å²) in [6, 6.07) is 0.333. The number of imide groups is 1. The van der Waals surface area contributed by atoms with Crippen molar-refractivity contribution in [1.82, 2.24) is 4.90 Å². The molecule has 0 spiro atoms. The van der Waals surface area contributed by atoms with Gasteiger partial charge in [0.1, 0.15) is 0 Å². The number of carbonyl (C=O) groups is 2. The van der Waals surface area contributed by atoms with Crippen molar-refractivity contribution in [3.05, 3.63) is 0 Å². The summed E-state index contributed by atoms with van der Waals surface area (Å²) in [5.74, 6) is -0.0752. The Kier molecular flexibility index (Phi) is 3.82. The number of amides is 2. The summed E-state index contributed by atoms with van der Waals surface area (Å²) in [4.78, 5) is 25.8. The van der Waals surface area contributed by atoms with Gasteiger partial charge in [-0.05, 0) is 37.5 Å². The van der Waals surface area contributed by atoms with E-state index in [1.54, 1.807) is 0 Å². The minimum Gasteiger partial charge on any atom is -0.378 e. The van der Waals surface area contributed by atoms with E-state index in [1.807, 2.05) is 13.8 Å². The van der Waals surface area contributed by atoms with E-state index >= 15 is 0 Å². The average Bonchev–Trinajstić information content (AvgIpc) is 2.91. The molecular weight excluding hydrogens is 268 g/mol. The first-order valence-electron chi connectivity index (χ1n) is 8.15. The summed E-state index contributed by atoms with van der Waals surface area (Å²) in [7, 11) is 0. The van der Waals surface area contributed by atoms with Crippen LogP contribution < -0.4 is 5.73 Å². The van der Waals surface area contributed by atoms with Crippen molar-refractivity contribution in [1.29, 1.82) is 0 Å². The lowest BCUT2D eigenvalue weighted by molar-refractivity contribution is -0.143. The number of nitrogens with zero attached hydrogens (tertiary/aromatic N) is 1. The monoisotopic (exact) mass is 294 g/mol. The van der Waals surface area contributed by atoms with Crippen molar-refractivity contribution >= 4 is 11.8 Å². The van der Waals surface area contributed by atoms with Crippen LogP contribution in [0.5, 0.6) is 0 Å². The Morgan fingerprint density at radius 3 is 2.29 bits per heavy atom. The molecule has 3 rings (SSSR count). The summed E-state index contributed by atoms with van der Waals surface area (Å²) in [6.07, 6.45) is 5.17. The molecule has 2 atom stereocenters. The number of hydrogen-bond donors (Lipinski definition) is 1. The molecule has 5 heteroatoms.